The van der Waals surface area contributed by atoms with Crippen LogP contribution >= 0.6 is 11.3 Å². The topological polar surface area (TPSA) is 71.9 Å². The minimum atomic E-state index is -4.37. The van der Waals surface area contributed by atoms with Gasteiger partial charge in [0.1, 0.15) is 18.1 Å². The first kappa shape index (κ1) is 28.3. The van der Waals surface area contributed by atoms with Crippen LogP contribution in [0.1, 0.15) is 43.7 Å². The second kappa shape index (κ2) is 13.3. The van der Waals surface area contributed by atoms with Crippen molar-refractivity contribution in [3.05, 3.63) is 59.0 Å². The molecule has 6 nitrogen and oxygen atoms in total. The maximum atomic E-state index is 12.9. The summed E-state index contributed by atoms with van der Waals surface area (Å²) in [4.78, 5) is 17.5. The third kappa shape index (κ3) is 8.66. The van der Waals surface area contributed by atoms with Crippen molar-refractivity contribution < 1.29 is 32.5 Å². The van der Waals surface area contributed by atoms with Crippen molar-refractivity contribution in [1.82, 2.24) is 4.98 Å². The fourth-order valence-electron chi connectivity index (χ4n) is 3.62. The lowest BCUT2D eigenvalue weighted by Crippen LogP contribution is -2.29. The number of unbranched alkanes of at least 4 members (excludes halogenated alkanes) is 2. The molecule has 37 heavy (non-hydrogen) atoms. The van der Waals surface area contributed by atoms with Gasteiger partial charge in [-0.05, 0) is 49.2 Å². The minimum Gasteiger partial charge on any atom is -0.493 e. The first-order valence-electron chi connectivity index (χ1n) is 12.1. The number of carboxylic acid groups (broad SMARTS) is 1. The summed E-state index contributed by atoms with van der Waals surface area (Å²) in [6.45, 7) is 5.92. The molecular weight excluding hydrogens is 505 g/mol. The molecule has 0 saturated carbocycles. The van der Waals surface area contributed by atoms with E-state index < -0.39 is 17.7 Å². The molecule has 0 radical (unpaired) electrons. The van der Waals surface area contributed by atoms with Gasteiger partial charge in [-0.25, -0.2) is 4.98 Å². The Bertz CT molecular complexity index is 1150. The number of nitrogens with zero attached hydrogens (tertiary/aromatic N) is 2. The molecule has 0 unspecified atom stereocenters. The Morgan fingerprint density at radius 1 is 1.05 bits per heavy atom. The Balaban J connectivity index is 1.62. The van der Waals surface area contributed by atoms with E-state index in [-0.39, 0.29) is 13.0 Å². The third-order valence-electron chi connectivity index (χ3n) is 5.65. The highest BCUT2D eigenvalue weighted by Gasteiger charge is 2.30. The summed E-state index contributed by atoms with van der Waals surface area (Å²) in [7, 11) is 0. The smallest absolute Gasteiger partial charge is 0.416 e. The lowest BCUT2D eigenvalue weighted by atomic mass is 10.1. The van der Waals surface area contributed by atoms with E-state index in [1.54, 1.807) is 12.1 Å². The first-order valence-corrected chi connectivity index (χ1v) is 13.0. The van der Waals surface area contributed by atoms with Crippen LogP contribution < -0.4 is 14.4 Å². The number of aromatic nitrogens is 1. The molecule has 0 aliphatic heterocycles. The molecule has 3 aromatic rings. The summed E-state index contributed by atoms with van der Waals surface area (Å²) >= 11 is 1.46. The standard InChI is InChI=1S/C27H31F3N2O4S/c1-3-4-5-13-32(14-16-35-22-10-11-24(19(2)17-22)36-15-12-25(33)34)26-31-23(18-37-26)20-6-8-21(9-7-20)27(28,29)30/h6-11,17-18H,3-5,12-16H2,1-2H3,(H,33,34). The van der Waals surface area contributed by atoms with Crippen molar-refractivity contribution in [3.63, 3.8) is 0 Å². The molecule has 3 rings (SSSR count). The molecule has 0 saturated heterocycles. The predicted octanol–water partition coefficient (Wildman–Crippen LogP) is 7.07. The summed E-state index contributed by atoms with van der Waals surface area (Å²) in [5, 5.41) is 11.4. The number of hydrogen-bond donors (Lipinski definition) is 1. The number of carbonyl (C=O) groups is 1. The largest absolute Gasteiger partial charge is 0.493 e. The van der Waals surface area contributed by atoms with Gasteiger partial charge in [0.2, 0.25) is 0 Å². The molecule has 0 aliphatic carbocycles. The highest BCUT2D eigenvalue weighted by Crippen LogP contribution is 2.32. The van der Waals surface area contributed by atoms with E-state index in [9.17, 15) is 18.0 Å². The lowest BCUT2D eigenvalue weighted by molar-refractivity contribution is -0.138. The van der Waals surface area contributed by atoms with Gasteiger partial charge in [0.15, 0.2) is 5.13 Å². The monoisotopic (exact) mass is 536 g/mol. The number of anilines is 1. The van der Waals surface area contributed by atoms with Gasteiger partial charge in [-0.1, -0.05) is 31.9 Å². The summed E-state index contributed by atoms with van der Waals surface area (Å²) in [6.07, 6.45) is -1.28. The van der Waals surface area contributed by atoms with Crippen molar-refractivity contribution in [3.8, 4) is 22.8 Å². The molecular formula is C27H31F3N2O4S. The van der Waals surface area contributed by atoms with Crippen molar-refractivity contribution >= 4 is 22.4 Å². The maximum absolute atomic E-state index is 12.9. The van der Waals surface area contributed by atoms with E-state index in [1.807, 2.05) is 18.4 Å². The molecule has 1 aromatic heterocycles. The van der Waals surface area contributed by atoms with Gasteiger partial charge in [-0.2, -0.15) is 13.2 Å². The summed E-state index contributed by atoms with van der Waals surface area (Å²) in [6, 6.07) is 10.5. The zero-order valence-corrected chi connectivity index (χ0v) is 21.7. The van der Waals surface area contributed by atoms with Crippen molar-refractivity contribution in [2.75, 3.05) is 31.2 Å². The third-order valence-corrected chi connectivity index (χ3v) is 6.55. The Morgan fingerprint density at radius 2 is 1.81 bits per heavy atom. The van der Waals surface area contributed by atoms with Gasteiger partial charge >= 0.3 is 12.1 Å². The van der Waals surface area contributed by atoms with E-state index >= 15 is 0 Å². The molecule has 1 N–H and O–H groups in total. The van der Waals surface area contributed by atoms with Gasteiger partial charge in [-0.15, -0.1) is 11.3 Å². The van der Waals surface area contributed by atoms with Gasteiger partial charge in [0, 0.05) is 17.5 Å². The molecule has 1 heterocycles. The highest BCUT2D eigenvalue weighted by molar-refractivity contribution is 7.14. The number of hydrogen-bond acceptors (Lipinski definition) is 6. The second-order valence-corrected chi connectivity index (χ2v) is 9.39. The number of thiazole rings is 1. The van der Waals surface area contributed by atoms with Gasteiger partial charge in [0.25, 0.3) is 0 Å². The van der Waals surface area contributed by atoms with E-state index in [4.69, 9.17) is 19.6 Å². The van der Waals surface area contributed by atoms with Crippen LogP contribution in [0.15, 0.2) is 47.8 Å². The number of carboxylic acids is 1. The van der Waals surface area contributed by atoms with Crippen LogP contribution in [0.2, 0.25) is 0 Å². The molecule has 0 atom stereocenters. The average molecular weight is 537 g/mol. The Hall–Kier alpha value is -3.27. The average Bonchev–Trinajstić information content (AvgIpc) is 3.34. The Morgan fingerprint density at radius 3 is 2.46 bits per heavy atom. The molecule has 0 amide bonds. The van der Waals surface area contributed by atoms with Crippen LogP contribution in [0, 0.1) is 6.92 Å². The second-order valence-electron chi connectivity index (χ2n) is 8.55. The number of halogens is 3. The predicted molar refractivity (Wildman–Crippen MR) is 139 cm³/mol. The number of ether oxygens (including phenoxy) is 2. The van der Waals surface area contributed by atoms with Crippen LogP contribution in [-0.4, -0.2) is 42.4 Å². The molecule has 10 heteroatoms. The molecule has 2 aromatic carbocycles. The highest BCUT2D eigenvalue weighted by atomic mass is 32.1. The van der Waals surface area contributed by atoms with Crippen molar-refractivity contribution in [1.29, 1.82) is 0 Å². The van der Waals surface area contributed by atoms with E-state index in [2.05, 4.69) is 11.8 Å². The fourth-order valence-corrected chi connectivity index (χ4v) is 4.51. The van der Waals surface area contributed by atoms with Gasteiger partial charge in [-0.3, -0.25) is 4.79 Å². The van der Waals surface area contributed by atoms with Crippen LogP contribution in [0.25, 0.3) is 11.3 Å². The van der Waals surface area contributed by atoms with Crippen LogP contribution in [0.3, 0.4) is 0 Å². The molecule has 0 spiro atoms. The van der Waals surface area contributed by atoms with Crippen molar-refractivity contribution in [2.45, 2.75) is 45.7 Å². The number of aryl methyl sites for hydroxylation is 1. The summed E-state index contributed by atoms with van der Waals surface area (Å²) < 4.78 is 50.1. The molecule has 0 aliphatic rings. The van der Waals surface area contributed by atoms with E-state index in [1.165, 1.54) is 23.5 Å². The van der Waals surface area contributed by atoms with Gasteiger partial charge < -0.3 is 19.5 Å². The SMILES string of the molecule is CCCCCN(CCOc1ccc(OCCC(=O)O)c(C)c1)c1nc(-c2ccc(C(F)(F)F)cc2)cs1. The van der Waals surface area contributed by atoms with Crippen LogP contribution in [0.4, 0.5) is 18.3 Å². The fraction of sp³-hybridized carbons (Fsp3) is 0.407. The van der Waals surface area contributed by atoms with Crippen LogP contribution in [0.5, 0.6) is 11.5 Å². The molecule has 200 valence electrons. The molecule has 0 bridgehead atoms. The van der Waals surface area contributed by atoms with Gasteiger partial charge in [0.05, 0.1) is 30.8 Å². The zero-order valence-electron chi connectivity index (χ0n) is 20.9. The number of aliphatic carboxylic acids is 1. The zero-order chi connectivity index (χ0) is 26.8. The van der Waals surface area contributed by atoms with Crippen molar-refractivity contribution in [2.24, 2.45) is 0 Å². The first-order chi connectivity index (χ1) is 17.7. The Labute approximate surface area is 218 Å². The lowest BCUT2D eigenvalue weighted by Gasteiger charge is -2.22. The minimum absolute atomic E-state index is 0.0666. The van der Waals surface area contributed by atoms with E-state index in [0.717, 1.165) is 48.6 Å². The quantitative estimate of drug-likeness (QED) is 0.222. The van der Waals surface area contributed by atoms with E-state index in [0.29, 0.717) is 35.9 Å². The van der Waals surface area contributed by atoms with Crippen LogP contribution in [-0.2, 0) is 11.0 Å². The summed E-state index contributed by atoms with van der Waals surface area (Å²) in [5.41, 5.74) is 1.45. The number of alkyl halides is 3. The molecule has 0 fully saturated rings. The number of benzene rings is 2. The summed E-state index contributed by atoms with van der Waals surface area (Å²) in [5.74, 6) is 0.391. The maximum Gasteiger partial charge on any atom is 0.416 e. The Kier molecular flexibility index (Phi) is 10.2. The normalized spacial score (nSPS) is 11.4. The number of rotatable bonds is 14.